The van der Waals surface area contributed by atoms with Crippen molar-refractivity contribution in [3.05, 3.63) is 41.3 Å². The minimum atomic E-state index is -1.77. The van der Waals surface area contributed by atoms with Crippen LogP contribution in [0.3, 0.4) is 0 Å². The van der Waals surface area contributed by atoms with Crippen molar-refractivity contribution in [1.82, 2.24) is 0 Å². The molecule has 3 nitrogen and oxygen atoms in total. The van der Waals surface area contributed by atoms with Crippen LogP contribution in [-0.4, -0.2) is 43.3 Å². The summed E-state index contributed by atoms with van der Waals surface area (Å²) >= 11 is 0. The summed E-state index contributed by atoms with van der Waals surface area (Å²) in [4.78, 5) is 0. The molecule has 142 valence electrons. The highest BCUT2D eigenvalue weighted by atomic mass is 29.2. The Kier molecular flexibility index (Phi) is 8.15. The molecule has 0 heterocycles. The first-order valence-electron chi connectivity index (χ1n) is 9.12. The minimum Gasteiger partial charge on any atom is -0.548 e. The number of hydrogen-bond donors (Lipinski definition) is 0. The molecule has 0 atom stereocenters. The molecule has 0 amide bonds. The van der Waals surface area contributed by atoms with E-state index in [9.17, 15) is 0 Å². The molecule has 0 aliphatic rings. The summed E-state index contributed by atoms with van der Waals surface area (Å²) in [6, 6.07) is 10.5. The van der Waals surface area contributed by atoms with Crippen LogP contribution in [0.5, 0.6) is 0 Å². The third kappa shape index (κ3) is 8.22. The maximum absolute atomic E-state index is 6.71. The van der Waals surface area contributed by atoms with Gasteiger partial charge in [-0.05, 0) is 39.3 Å². The van der Waals surface area contributed by atoms with Crippen LogP contribution in [0, 0.1) is 0 Å². The minimum absolute atomic E-state index is 0.363. The molecule has 1 aromatic rings. The van der Waals surface area contributed by atoms with Crippen molar-refractivity contribution in [1.29, 1.82) is 0 Å². The van der Waals surface area contributed by atoms with E-state index in [-0.39, 0.29) is 9.76 Å². The molecule has 0 bridgehead atoms. The first-order chi connectivity index (χ1) is 11.4. The molecule has 0 radical (unpaired) electrons. The van der Waals surface area contributed by atoms with E-state index >= 15 is 0 Å². The van der Waals surface area contributed by atoms with Gasteiger partial charge < -0.3 is 13.0 Å². The van der Waals surface area contributed by atoms with Gasteiger partial charge in [0.05, 0.1) is 5.38 Å². The standard InChI is InChI=1S/C17H36O3Si5/c1-21-20-22-25(8,9)17(19-24(5,6)7)16(18-23(2,3)4)15-13-11-10-12-14-15/h10-14H,21-22H2,1-9H3. The molecule has 0 aliphatic carbocycles. The average molecular weight is 429 g/mol. The predicted molar refractivity (Wildman–Crippen MR) is 124 cm³/mol. The van der Waals surface area contributed by atoms with E-state index in [1.165, 1.54) is 0 Å². The van der Waals surface area contributed by atoms with Crippen LogP contribution in [0.4, 0.5) is 0 Å². The highest BCUT2D eigenvalue weighted by molar-refractivity contribution is 7.26. The van der Waals surface area contributed by atoms with E-state index in [1.54, 1.807) is 0 Å². The second-order valence-electron chi connectivity index (χ2n) is 8.97. The molecule has 0 fully saturated rings. The molecular weight excluding hydrogens is 393 g/mol. The first kappa shape index (κ1) is 22.6. The fourth-order valence-electron chi connectivity index (χ4n) is 2.35. The summed E-state index contributed by atoms with van der Waals surface area (Å²) in [5.41, 5.74) is 1.14. The van der Waals surface area contributed by atoms with Gasteiger partial charge in [-0.15, -0.1) is 0 Å². The van der Waals surface area contributed by atoms with Crippen molar-refractivity contribution in [2.24, 2.45) is 0 Å². The molecule has 0 aliphatic heterocycles. The molecule has 0 saturated heterocycles. The third-order valence-electron chi connectivity index (χ3n) is 3.34. The second-order valence-corrected chi connectivity index (χ2v) is 30.7. The Hall–Kier alpha value is -0.396. The summed E-state index contributed by atoms with van der Waals surface area (Å²) in [6.07, 6.45) is 0. The summed E-state index contributed by atoms with van der Waals surface area (Å²) in [7, 11) is -6.25. The zero-order valence-corrected chi connectivity index (χ0v) is 23.4. The lowest BCUT2D eigenvalue weighted by Gasteiger charge is -2.35. The Bertz CT molecular complexity index is 574. The SMILES string of the molecule is C[SiH2]O[SiH2][Si](C)(C)C(O[Si](C)(C)C)=C(O[Si](C)(C)C)c1ccccc1. The zero-order chi connectivity index (χ0) is 19.3. The Morgan fingerprint density at radius 3 is 1.76 bits per heavy atom. The highest BCUT2D eigenvalue weighted by Crippen LogP contribution is 2.32. The largest absolute Gasteiger partial charge is 0.548 e. The van der Waals surface area contributed by atoms with Gasteiger partial charge in [-0.1, -0.05) is 50.0 Å². The average Bonchev–Trinajstić information content (AvgIpc) is 2.47. The Morgan fingerprint density at radius 1 is 0.800 bits per heavy atom. The molecule has 0 aromatic heterocycles. The van der Waals surface area contributed by atoms with E-state index in [0.717, 1.165) is 16.7 Å². The van der Waals surface area contributed by atoms with E-state index in [4.69, 9.17) is 13.0 Å². The fourth-order valence-corrected chi connectivity index (χ4v) is 17.8. The lowest BCUT2D eigenvalue weighted by molar-refractivity contribution is 0.419. The lowest BCUT2D eigenvalue weighted by Crippen LogP contribution is -2.45. The van der Waals surface area contributed by atoms with Gasteiger partial charge in [0.1, 0.15) is 32.4 Å². The number of rotatable bonds is 9. The van der Waals surface area contributed by atoms with Crippen LogP contribution < -0.4 is 0 Å². The first-order valence-corrected chi connectivity index (χ1v) is 23.8. The van der Waals surface area contributed by atoms with Crippen LogP contribution >= 0.6 is 0 Å². The van der Waals surface area contributed by atoms with Crippen molar-refractivity contribution >= 4 is 49.0 Å². The van der Waals surface area contributed by atoms with Crippen molar-refractivity contribution in [2.75, 3.05) is 0 Å². The van der Waals surface area contributed by atoms with Crippen molar-refractivity contribution in [2.45, 2.75) is 58.9 Å². The molecule has 25 heavy (non-hydrogen) atoms. The second kappa shape index (κ2) is 9.00. The smallest absolute Gasteiger partial charge is 0.242 e. The fraction of sp³-hybridized carbons (Fsp3) is 0.529. The van der Waals surface area contributed by atoms with Gasteiger partial charge >= 0.3 is 0 Å². The van der Waals surface area contributed by atoms with Crippen LogP contribution in [-0.2, 0) is 13.0 Å². The number of hydrogen-bond acceptors (Lipinski definition) is 3. The van der Waals surface area contributed by atoms with E-state index in [2.05, 4.69) is 89.3 Å². The molecule has 0 N–H and O–H groups in total. The molecular formula is C17H36O3Si5. The van der Waals surface area contributed by atoms with E-state index in [0.29, 0.717) is 0 Å². The Balaban J connectivity index is 3.56. The summed E-state index contributed by atoms with van der Waals surface area (Å²) in [5, 5.41) is 1.15. The molecule has 1 rings (SSSR count). The van der Waals surface area contributed by atoms with Crippen molar-refractivity contribution in [3.63, 3.8) is 0 Å². The van der Waals surface area contributed by atoms with Gasteiger partial charge in [-0.25, -0.2) is 0 Å². The highest BCUT2D eigenvalue weighted by Gasteiger charge is 2.37. The molecule has 0 spiro atoms. The monoisotopic (exact) mass is 428 g/mol. The summed E-state index contributed by atoms with van der Waals surface area (Å²) in [6.45, 7) is 20.5. The van der Waals surface area contributed by atoms with Crippen molar-refractivity contribution in [3.8, 4) is 0 Å². The van der Waals surface area contributed by atoms with E-state index < -0.39 is 33.5 Å². The van der Waals surface area contributed by atoms with Crippen LogP contribution in [0.25, 0.3) is 5.76 Å². The topological polar surface area (TPSA) is 27.7 Å². The van der Waals surface area contributed by atoms with Gasteiger partial charge in [0, 0.05) is 5.56 Å². The lowest BCUT2D eigenvalue weighted by atomic mass is 10.2. The van der Waals surface area contributed by atoms with Crippen LogP contribution in [0.2, 0.25) is 58.9 Å². The van der Waals surface area contributed by atoms with Gasteiger partial charge in [0.15, 0.2) is 0 Å². The Morgan fingerprint density at radius 2 is 1.32 bits per heavy atom. The predicted octanol–water partition coefficient (Wildman–Crippen LogP) is 4.03. The van der Waals surface area contributed by atoms with Gasteiger partial charge in [0.25, 0.3) is 0 Å². The molecule has 0 unspecified atom stereocenters. The molecule has 1 aromatic carbocycles. The zero-order valence-electron chi connectivity index (χ0n) is 17.5. The Labute approximate surface area is 162 Å². The molecule has 0 saturated carbocycles. The maximum atomic E-state index is 6.71. The number of benzene rings is 1. The third-order valence-corrected chi connectivity index (χ3v) is 14.9. The molecule has 8 heteroatoms. The maximum Gasteiger partial charge on any atom is 0.242 e. The van der Waals surface area contributed by atoms with Crippen LogP contribution in [0.15, 0.2) is 35.7 Å². The van der Waals surface area contributed by atoms with Crippen LogP contribution in [0.1, 0.15) is 5.56 Å². The van der Waals surface area contributed by atoms with Crippen molar-refractivity contribution < 1.29 is 13.0 Å². The van der Waals surface area contributed by atoms with Gasteiger partial charge in [-0.3, -0.25) is 0 Å². The quantitative estimate of drug-likeness (QED) is 0.439. The van der Waals surface area contributed by atoms with Gasteiger partial charge in [-0.2, -0.15) is 0 Å². The summed E-state index contributed by atoms with van der Waals surface area (Å²) < 4.78 is 19.4. The normalized spacial score (nSPS) is 15.1. The van der Waals surface area contributed by atoms with Gasteiger partial charge in [0.2, 0.25) is 16.6 Å². The van der Waals surface area contributed by atoms with E-state index in [1.807, 2.05) is 0 Å². The summed E-state index contributed by atoms with van der Waals surface area (Å²) in [5.74, 6) is 0.993.